The van der Waals surface area contributed by atoms with Crippen LogP contribution >= 0.6 is 0 Å². The van der Waals surface area contributed by atoms with Crippen molar-refractivity contribution in [1.29, 1.82) is 5.26 Å². The highest BCUT2D eigenvalue weighted by atomic mass is 16.5. The van der Waals surface area contributed by atoms with E-state index in [-0.39, 0.29) is 6.61 Å². The molecule has 0 fully saturated rings. The summed E-state index contributed by atoms with van der Waals surface area (Å²) in [5.74, 6) is 0.705. The number of hydrogen-bond donors (Lipinski definition) is 1. The zero-order valence-electron chi connectivity index (χ0n) is 10.9. The highest BCUT2D eigenvalue weighted by Crippen LogP contribution is 2.18. The SMILES string of the molecule is Cc1ccccc1CNc1cccc(OCC#N)c1. The molecule has 1 N–H and O–H groups in total. The van der Waals surface area contributed by atoms with Crippen LogP contribution in [0.1, 0.15) is 11.1 Å². The van der Waals surface area contributed by atoms with Crippen LogP contribution in [-0.4, -0.2) is 6.61 Å². The molecule has 0 heterocycles. The molecule has 0 amide bonds. The van der Waals surface area contributed by atoms with Gasteiger partial charge in [-0.05, 0) is 30.2 Å². The molecule has 0 saturated heterocycles. The summed E-state index contributed by atoms with van der Waals surface area (Å²) < 4.78 is 5.27. The summed E-state index contributed by atoms with van der Waals surface area (Å²) in [4.78, 5) is 0. The Morgan fingerprint density at radius 1 is 1.16 bits per heavy atom. The van der Waals surface area contributed by atoms with Gasteiger partial charge in [0.1, 0.15) is 11.8 Å². The molecule has 96 valence electrons. The standard InChI is InChI=1S/C16H16N2O/c1-13-5-2-3-6-14(13)12-18-15-7-4-8-16(11-15)19-10-9-17/h2-8,11,18H,10,12H2,1H3. The lowest BCUT2D eigenvalue weighted by Crippen LogP contribution is -2.01. The van der Waals surface area contributed by atoms with E-state index in [1.54, 1.807) is 0 Å². The van der Waals surface area contributed by atoms with Gasteiger partial charge in [-0.3, -0.25) is 0 Å². The van der Waals surface area contributed by atoms with Crippen molar-refractivity contribution in [3.63, 3.8) is 0 Å². The number of aryl methyl sites for hydroxylation is 1. The molecule has 0 spiro atoms. The summed E-state index contributed by atoms with van der Waals surface area (Å²) in [7, 11) is 0. The molecule has 0 bridgehead atoms. The first-order valence-corrected chi connectivity index (χ1v) is 6.18. The van der Waals surface area contributed by atoms with Crippen molar-refractivity contribution < 1.29 is 4.74 Å². The molecule has 2 aromatic rings. The first-order chi connectivity index (χ1) is 9.29. The Morgan fingerprint density at radius 3 is 2.79 bits per heavy atom. The number of anilines is 1. The van der Waals surface area contributed by atoms with Gasteiger partial charge in [0.15, 0.2) is 6.61 Å². The molecule has 3 nitrogen and oxygen atoms in total. The number of nitrogens with one attached hydrogen (secondary N) is 1. The van der Waals surface area contributed by atoms with E-state index in [1.807, 2.05) is 42.5 Å². The van der Waals surface area contributed by atoms with Crippen molar-refractivity contribution in [2.75, 3.05) is 11.9 Å². The first-order valence-electron chi connectivity index (χ1n) is 6.18. The molecule has 2 aromatic carbocycles. The minimum absolute atomic E-state index is 0.0707. The van der Waals surface area contributed by atoms with E-state index < -0.39 is 0 Å². The van der Waals surface area contributed by atoms with Crippen LogP contribution < -0.4 is 10.1 Å². The summed E-state index contributed by atoms with van der Waals surface area (Å²) in [5, 5.41) is 11.8. The van der Waals surface area contributed by atoms with Gasteiger partial charge < -0.3 is 10.1 Å². The third-order valence-electron chi connectivity index (χ3n) is 2.88. The van der Waals surface area contributed by atoms with Crippen molar-refractivity contribution in [3.05, 3.63) is 59.7 Å². The minimum Gasteiger partial charge on any atom is -0.479 e. The molecular weight excluding hydrogens is 236 g/mol. The Kier molecular flexibility index (Phi) is 4.41. The third kappa shape index (κ3) is 3.75. The molecule has 0 aliphatic rings. The second-order valence-corrected chi connectivity index (χ2v) is 4.25. The summed E-state index contributed by atoms with van der Waals surface area (Å²) in [6, 6.07) is 17.9. The minimum atomic E-state index is 0.0707. The number of rotatable bonds is 5. The van der Waals surface area contributed by atoms with Gasteiger partial charge in [0.25, 0.3) is 0 Å². The average molecular weight is 252 g/mol. The molecule has 0 saturated carbocycles. The summed E-state index contributed by atoms with van der Waals surface area (Å²) in [6.07, 6.45) is 0. The van der Waals surface area contributed by atoms with Gasteiger partial charge in [0.2, 0.25) is 0 Å². The third-order valence-corrected chi connectivity index (χ3v) is 2.88. The number of hydrogen-bond acceptors (Lipinski definition) is 3. The van der Waals surface area contributed by atoms with Crippen molar-refractivity contribution in [3.8, 4) is 11.8 Å². The Hall–Kier alpha value is -2.47. The maximum atomic E-state index is 8.49. The molecule has 0 aliphatic carbocycles. The van der Waals surface area contributed by atoms with Crippen molar-refractivity contribution in [2.45, 2.75) is 13.5 Å². The highest BCUT2D eigenvalue weighted by molar-refractivity contribution is 5.49. The number of ether oxygens (including phenoxy) is 1. The Balaban J connectivity index is 2.00. The normalized spacial score (nSPS) is 9.68. The van der Waals surface area contributed by atoms with Gasteiger partial charge in [-0.1, -0.05) is 30.3 Å². The molecule has 2 rings (SSSR count). The smallest absolute Gasteiger partial charge is 0.174 e. The van der Waals surface area contributed by atoms with Crippen LogP contribution in [0.5, 0.6) is 5.75 Å². The van der Waals surface area contributed by atoms with Gasteiger partial charge in [0, 0.05) is 18.3 Å². The number of nitriles is 1. The van der Waals surface area contributed by atoms with Crippen molar-refractivity contribution in [2.24, 2.45) is 0 Å². The molecule has 0 atom stereocenters. The fourth-order valence-corrected chi connectivity index (χ4v) is 1.82. The summed E-state index contributed by atoms with van der Waals surface area (Å²) in [5.41, 5.74) is 3.52. The van der Waals surface area contributed by atoms with Gasteiger partial charge in [-0.15, -0.1) is 0 Å². The molecule has 3 heteroatoms. The van der Waals surface area contributed by atoms with E-state index >= 15 is 0 Å². The van der Waals surface area contributed by atoms with Crippen LogP contribution in [0.3, 0.4) is 0 Å². The van der Waals surface area contributed by atoms with Crippen LogP contribution in [0.4, 0.5) is 5.69 Å². The van der Waals surface area contributed by atoms with E-state index in [4.69, 9.17) is 10.00 Å². The van der Waals surface area contributed by atoms with Gasteiger partial charge in [0.05, 0.1) is 0 Å². The fraction of sp³-hybridized carbons (Fsp3) is 0.188. The highest BCUT2D eigenvalue weighted by Gasteiger charge is 1.99. The van der Waals surface area contributed by atoms with Crippen LogP contribution in [-0.2, 0) is 6.54 Å². The van der Waals surface area contributed by atoms with Crippen molar-refractivity contribution in [1.82, 2.24) is 0 Å². The van der Waals surface area contributed by atoms with Gasteiger partial charge >= 0.3 is 0 Å². The first kappa shape index (κ1) is 13.0. The van der Waals surface area contributed by atoms with E-state index in [2.05, 4.69) is 24.4 Å². The molecule has 0 radical (unpaired) electrons. The molecular formula is C16H16N2O. The molecule has 19 heavy (non-hydrogen) atoms. The second-order valence-electron chi connectivity index (χ2n) is 4.25. The second kappa shape index (κ2) is 6.46. The maximum Gasteiger partial charge on any atom is 0.174 e. The lowest BCUT2D eigenvalue weighted by atomic mass is 10.1. The van der Waals surface area contributed by atoms with E-state index in [0.717, 1.165) is 12.2 Å². The number of benzene rings is 2. The predicted molar refractivity (Wildman–Crippen MR) is 76.1 cm³/mol. The van der Waals surface area contributed by atoms with Gasteiger partial charge in [-0.25, -0.2) is 0 Å². The fourth-order valence-electron chi connectivity index (χ4n) is 1.82. The zero-order valence-corrected chi connectivity index (χ0v) is 10.9. The van der Waals surface area contributed by atoms with Crippen LogP contribution in [0, 0.1) is 18.3 Å². The van der Waals surface area contributed by atoms with E-state index in [1.165, 1.54) is 11.1 Å². The van der Waals surface area contributed by atoms with Crippen LogP contribution in [0.25, 0.3) is 0 Å². The Labute approximate surface area is 113 Å². The van der Waals surface area contributed by atoms with Crippen LogP contribution in [0.15, 0.2) is 48.5 Å². The van der Waals surface area contributed by atoms with Gasteiger partial charge in [-0.2, -0.15) is 5.26 Å². The maximum absolute atomic E-state index is 8.49. The quantitative estimate of drug-likeness (QED) is 0.885. The summed E-state index contributed by atoms with van der Waals surface area (Å²) in [6.45, 7) is 2.94. The van der Waals surface area contributed by atoms with E-state index in [0.29, 0.717) is 5.75 Å². The zero-order chi connectivity index (χ0) is 13.5. The monoisotopic (exact) mass is 252 g/mol. The van der Waals surface area contributed by atoms with E-state index in [9.17, 15) is 0 Å². The Bertz CT molecular complexity index is 587. The molecule has 0 aromatic heterocycles. The summed E-state index contributed by atoms with van der Waals surface area (Å²) >= 11 is 0. The largest absolute Gasteiger partial charge is 0.479 e. The lowest BCUT2D eigenvalue weighted by molar-refractivity contribution is 0.368. The molecule has 0 unspecified atom stereocenters. The predicted octanol–water partition coefficient (Wildman–Crippen LogP) is 3.51. The Morgan fingerprint density at radius 2 is 2.00 bits per heavy atom. The average Bonchev–Trinajstić information content (AvgIpc) is 2.45. The van der Waals surface area contributed by atoms with Crippen LogP contribution in [0.2, 0.25) is 0 Å². The lowest BCUT2D eigenvalue weighted by Gasteiger charge is -2.10. The van der Waals surface area contributed by atoms with Crippen molar-refractivity contribution >= 4 is 5.69 Å². The number of nitrogens with zero attached hydrogens (tertiary/aromatic N) is 1. The molecule has 0 aliphatic heterocycles. The topological polar surface area (TPSA) is 45.0 Å².